The summed E-state index contributed by atoms with van der Waals surface area (Å²) in [6, 6.07) is 13.3. The van der Waals surface area contributed by atoms with E-state index in [0.717, 1.165) is 6.26 Å². The molecule has 154 valence electrons. The Hall–Kier alpha value is -3.43. The van der Waals surface area contributed by atoms with E-state index in [2.05, 4.69) is 4.72 Å². The number of carbonyl (C=O) groups excluding carboxylic acids is 1. The van der Waals surface area contributed by atoms with Crippen LogP contribution in [0.25, 0.3) is 17.4 Å². The molecule has 0 aliphatic carbocycles. The lowest BCUT2D eigenvalue weighted by molar-refractivity contribution is -0.384. The van der Waals surface area contributed by atoms with Gasteiger partial charge in [-0.2, -0.15) is 0 Å². The van der Waals surface area contributed by atoms with Crippen molar-refractivity contribution in [1.29, 1.82) is 0 Å². The summed E-state index contributed by atoms with van der Waals surface area (Å²) in [5, 5.41) is 11.5. The van der Waals surface area contributed by atoms with Crippen molar-refractivity contribution in [2.24, 2.45) is 0 Å². The Morgan fingerprint density at radius 3 is 2.47 bits per heavy atom. The molecule has 0 spiro atoms. The molecule has 0 unspecified atom stereocenters. The van der Waals surface area contributed by atoms with Crippen LogP contribution in [0.5, 0.6) is 0 Å². The van der Waals surface area contributed by atoms with Gasteiger partial charge in [-0.25, -0.2) is 8.42 Å². The number of nitrogens with zero attached hydrogens (tertiary/aromatic N) is 1. The molecule has 30 heavy (non-hydrogen) atoms. The second-order valence-electron chi connectivity index (χ2n) is 6.27. The minimum atomic E-state index is -3.40. The number of nitro benzene ring substituents is 1. The maximum Gasteiger partial charge on any atom is 0.281 e. The summed E-state index contributed by atoms with van der Waals surface area (Å²) < 4.78 is 30.3. The first-order chi connectivity index (χ1) is 14.1. The van der Waals surface area contributed by atoms with Gasteiger partial charge in [0.2, 0.25) is 10.0 Å². The zero-order valence-electron chi connectivity index (χ0n) is 15.5. The normalized spacial score (nSPS) is 11.5. The Morgan fingerprint density at radius 2 is 1.83 bits per heavy atom. The lowest BCUT2D eigenvalue weighted by atomic mass is 10.1. The minimum absolute atomic E-state index is 0.189. The number of anilines is 1. The van der Waals surface area contributed by atoms with Gasteiger partial charge < -0.3 is 4.42 Å². The number of benzene rings is 2. The number of rotatable bonds is 7. The fourth-order valence-electron chi connectivity index (χ4n) is 2.62. The predicted molar refractivity (Wildman–Crippen MR) is 114 cm³/mol. The van der Waals surface area contributed by atoms with Crippen molar-refractivity contribution in [1.82, 2.24) is 0 Å². The Kier molecular flexibility index (Phi) is 6.04. The van der Waals surface area contributed by atoms with Crippen LogP contribution in [0.3, 0.4) is 0 Å². The SMILES string of the molecule is CS(=O)(=O)Nc1ccc(C(=O)C=Cc2ccc(-c3ccc(Cl)cc3[N+](=O)[O-])o2)cc1. The molecule has 0 amide bonds. The van der Waals surface area contributed by atoms with E-state index in [1.807, 2.05) is 0 Å². The van der Waals surface area contributed by atoms with E-state index in [-0.39, 0.29) is 27.8 Å². The minimum Gasteiger partial charge on any atom is -0.456 e. The van der Waals surface area contributed by atoms with Crippen molar-refractivity contribution in [2.75, 3.05) is 11.0 Å². The average Bonchev–Trinajstić information content (AvgIpc) is 3.14. The Labute approximate surface area is 177 Å². The molecule has 0 atom stereocenters. The fourth-order valence-corrected chi connectivity index (χ4v) is 3.35. The lowest BCUT2D eigenvalue weighted by Crippen LogP contribution is -2.09. The molecule has 0 radical (unpaired) electrons. The van der Waals surface area contributed by atoms with Gasteiger partial charge in [0.05, 0.1) is 16.7 Å². The van der Waals surface area contributed by atoms with Gasteiger partial charge in [-0.05, 0) is 60.7 Å². The van der Waals surface area contributed by atoms with Crippen LogP contribution in [0.2, 0.25) is 5.02 Å². The molecule has 0 aliphatic heterocycles. The summed E-state index contributed by atoms with van der Waals surface area (Å²) in [5.41, 5.74) is 0.777. The smallest absolute Gasteiger partial charge is 0.281 e. The Bertz CT molecular complexity index is 1250. The van der Waals surface area contributed by atoms with E-state index in [4.69, 9.17) is 16.0 Å². The third-order valence-corrected chi connectivity index (χ3v) is 4.76. The molecule has 0 bridgehead atoms. The molecule has 1 aromatic heterocycles. The monoisotopic (exact) mass is 446 g/mol. The number of nitro groups is 1. The molecule has 3 rings (SSSR count). The van der Waals surface area contributed by atoms with Gasteiger partial charge in [0, 0.05) is 22.3 Å². The number of halogens is 1. The summed E-state index contributed by atoms with van der Waals surface area (Å²) in [4.78, 5) is 23.0. The summed E-state index contributed by atoms with van der Waals surface area (Å²) in [6.45, 7) is 0. The first kappa shape index (κ1) is 21.3. The number of hydrogen-bond acceptors (Lipinski definition) is 6. The number of nitrogens with one attached hydrogen (secondary N) is 1. The van der Waals surface area contributed by atoms with Crippen molar-refractivity contribution >= 4 is 44.9 Å². The molecule has 1 N–H and O–H groups in total. The van der Waals surface area contributed by atoms with Crippen LogP contribution in [-0.2, 0) is 10.0 Å². The maximum atomic E-state index is 12.3. The Balaban J connectivity index is 1.76. The zero-order valence-corrected chi connectivity index (χ0v) is 17.1. The second-order valence-corrected chi connectivity index (χ2v) is 8.45. The summed E-state index contributed by atoms with van der Waals surface area (Å²) in [5.74, 6) is 0.274. The lowest BCUT2D eigenvalue weighted by Gasteiger charge is -2.03. The van der Waals surface area contributed by atoms with Crippen LogP contribution in [0, 0.1) is 10.1 Å². The van der Waals surface area contributed by atoms with Crippen molar-refractivity contribution < 1.29 is 22.6 Å². The van der Waals surface area contributed by atoms with Gasteiger partial charge in [-0.15, -0.1) is 0 Å². The molecular formula is C20H15ClN2O6S. The summed E-state index contributed by atoms with van der Waals surface area (Å²) >= 11 is 5.82. The van der Waals surface area contributed by atoms with E-state index in [1.165, 1.54) is 54.6 Å². The molecule has 1 heterocycles. The van der Waals surface area contributed by atoms with E-state index in [9.17, 15) is 23.3 Å². The number of sulfonamides is 1. The largest absolute Gasteiger partial charge is 0.456 e. The van der Waals surface area contributed by atoms with Crippen LogP contribution < -0.4 is 4.72 Å². The van der Waals surface area contributed by atoms with Gasteiger partial charge in [0.1, 0.15) is 11.5 Å². The predicted octanol–water partition coefficient (Wildman–Crippen LogP) is 4.78. The van der Waals surface area contributed by atoms with E-state index in [1.54, 1.807) is 12.1 Å². The molecule has 10 heteroatoms. The van der Waals surface area contributed by atoms with Crippen molar-refractivity contribution in [2.45, 2.75) is 0 Å². The highest BCUT2D eigenvalue weighted by Gasteiger charge is 2.18. The first-order valence-electron chi connectivity index (χ1n) is 8.47. The quantitative estimate of drug-likeness (QED) is 0.241. The van der Waals surface area contributed by atoms with Crippen molar-refractivity contribution in [3.63, 3.8) is 0 Å². The molecule has 3 aromatic rings. The Morgan fingerprint density at radius 1 is 1.13 bits per heavy atom. The highest BCUT2D eigenvalue weighted by molar-refractivity contribution is 7.92. The molecular weight excluding hydrogens is 432 g/mol. The number of allylic oxidation sites excluding steroid dienone is 1. The molecule has 0 aliphatic rings. The standard InChI is InChI=1S/C20H15ClN2O6S/c1-30(27,28)22-15-5-2-13(3-6-15)19(24)10-7-16-8-11-20(29-16)17-9-4-14(21)12-18(17)23(25)26/h2-12,22H,1H3. The third kappa shape index (κ3) is 5.34. The number of carbonyl (C=O) groups is 1. The van der Waals surface area contributed by atoms with Crippen LogP contribution in [0.15, 0.2) is 65.1 Å². The van der Waals surface area contributed by atoms with Gasteiger partial charge in [-0.3, -0.25) is 19.6 Å². The third-order valence-electron chi connectivity index (χ3n) is 3.92. The van der Waals surface area contributed by atoms with E-state index < -0.39 is 14.9 Å². The van der Waals surface area contributed by atoms with Crippen LogP contribution >= 0.6 is 11.6 Å². The zero-order chi connectivity index (χ0) is 21.9. The molecule has 0 saturated heterocycles. The number of hydrogen-bond donors (Lipinski definition) is 1. The van der Waals surface area contributed by atoms with Crippen LogP contribution in [0.1, 0.15) is 16.1 Å². The van der Waals surface area contributed by atoms with Gasteiger partial charge in [0.25, 0.3) is 5.69 Å². The summed E-state index contributed by atoms with van der Waals surface area (Å²) in [7, 11) is -3.40. The topological polar surface area (TPSA) is 120 Å². The maximum absolute atomic E-state index is 12.3. The van der Waals surface area contributed by atoms with Gasteiger partial charge in [0.15, 0.2) is 5.78 Å². The van der Waals surface area contributed by atoms with Crippen LogP contribution in [0.4, 0.5) is 11.4 Å². The highest BCUT2D eigenvalue weighted by Crippen LogP contribution is 2.33. The van der Waals surface area contributed by atoms with Gasteiger partial charge in [-0.1, -0.05) is 11.6 Å². The molecule has 0 fully saturated rings. The van der Waals surface area contributed by atoms with Gasteiger partial charge >= 0.3 is 0 Å². The second kappa shape index (κ2) is 8.52. The molecule has 8 nitrogen and oxygen atoms in total. The fraction of sp³-hybridized carbons (Fsp3) is 0.0500. The van der Waals surface area contributed by atoms with E-state index >= 15 is 0 Å². The van der Waals surface area contributed by atoms with Crippen molar-refractivity contribution in [3.8, 4) is 11.3 Å². The average molecular weight is 447 g/mol. The van der Waals surface area contributed by atoms with Crippen molar-refractivity contribution in [3.05, 3.63) is 87.1 Å². The molecule has 0 saturated carbocycles. The first-order valence-corrected chi connectivity index (χ1v) is 10.7. The van der Waals surface area contributed by atoms with E-state index in [0.29, 0.717) is 17.0 Å². The molecule has 2 aromatic carbocycles. The highest BCUT2D eigenvalue weighted by atomic mass is 35.5. The summed E-state index contributed by atoms with van der Waals surface area (Å²) in [6.07, 6.45) is 3.76. The number of furan rings is 1. The number of ketones is 1. The van der Waals surface area contributed by atoms with Crippen LogP contribution in [-0.4, -0.2) is 25.4 Å².